The van der Waals surface area contributed by atoms with Crippen molar-refractivity contribution in [2.75, 3.05) is 5.32 Å². The first-order valence-corrected chi connectivity index (χ1v) is 10.00. The molecule has 0 heterocycles. The maximum absolute atomic E-state index is 12.8. The Hall–Kier alpha value is -3.31. The standard InChI is InChI=1S/C24H23ClN2O3/c1-16(18-9-4-3-5-10-18)26-24(29)21-13-6-7-14-22(21)27-23(28)17(2)30-20-12-8-11-19(25)15-20/h3-17H,1-2H3,(H,26,29)(H,27,28)/t16-,17+/m0/s1. The van der Waals surface area contributed by atoms with Crippen molar-refractivity contribution in [3.05, 3.63) is 95.0 Å². The average molecular weight is 423 g/mol. The minimum absolute atomic E-state index is 0.174. The molecule has 5 nitrogen and oxygen atoms in total. The molecule has 3 aromatic carbocycles. The molecule has 0 saturated heterocycles. The first-order chi connectivity index (χ1) is 14.4. The first kappa shape index (κ1) is 21.4. The Morgan fingerprint density at radius 3 is 2.33 bits per heavy atom. The van der Waals surface area contributed by atoms with Gasteiger partial charge >= 0.3 is 0 Å². The summed E-state index contributed by atoms with van der Waals surface area (Å²) in [6.45, 7) is 3.55. The Balaban J connectivity index is 1.68. The molecule has 0 fully saturated rings. The highest BCUT2D eigenvalue weighted by molar-refractivity contribution is 6.30. The fourth-order valence-corrected chi connectivity index (χ4v) is 3.10. The number of rotatable bonds is 7. The van der Waals surface area contributed by atoms with Crippen LogP contribution in [0.5, 0.6) is 5.75 Å². The van der Waals surface area contributed by atoms with Crippen molar-refractivity contribution >= 4 is 29.1 Å². The normalized spacial score (nSPS) is 12.5. The molecule has 0 unspecified atom stereocenters. The molecule has 0 aliphatic carbocycles. The lowest BCUT2D eigenvalue weighted by Gasteiger charge is -2.18. The van der Waals surface area contributed by atoms with Crippen LogP contribution in [0.3, 0.4) is 0 Å². The number of anilines is 1. The molecule has 2 amide bonds. The first-order valence-electron chi connectivity index (χ1n) is 9.62. The van der Waals surface area contributed by atoms with E-state index in [9.17, 15) is 9.59 Å². The van der Waals surface area contributed by atoms with Gasteiger partial charge in [0.2, 0.25) is 0 Å². The molecular weight excluding hydrogens is 400 g/mol. The van der Waals surface area contributed by atoms with Crippen LogP contribution in [0.2, 0.25) is 5.02 Å². The largest absolute Gasteiger partial charge is 0.481 e. The summed E-state index contributed by atoms with van der Waals surface area (Å²) in [6.07, 6.45) is -0.775. The van der Waals surface area contributed by atoms with Crippen LogP contribution >= 0.6 is 11.6 Å². The average Bonchev–Trinajstić information content (AvgIpc) is 2.74. The number of halogens is 1. The number of nitrogens with one attached hydrogen (secondary N) is 2. The summed E-state index contributed by atoms with van der Waals surface area (Å²) in [5, 5.41) is 6.27. The lowest BCUT2D eigenvalue weighted by Crippen LogP contribution is -2.32. The highest BCUT2D eigenvalue weighted by Crippen LogP contribution is 2.21. The van der Waals surface area contributed by atoms with Gasteiger partial charge in [0.15, 0.2) is 6.10 Å². The Morgan fingerprint density at radius 2 is 1.60 bits per heavy atom. The molecule has 6 heteroatoms. The highest BCUT2D eigenvalue weighted by atomic mass is 35.5. The van der Waals surface area contributed by atoms with Gasteiger partial charge in [0.25, 0.3) is 11.8 Å². The number of ether oxygens (including phenoxy) is 1. The van der Waals surface area contributed by atoms with Crippen molar-refractivity contribution in [3.63, 3.8) is 0 Å². The Kier molecular flexibility index (Phi) is 7.09. The fraction of sp³-hybridized carbons (Fsp3) is 0.167. The van der Waals surface area contributed by atoms with Crippen LogP contribution in [-0.2, 0) is 4.79 Å². The summed E-state index contributed by atoms with van der Waals surface area (Å²) in [5.41, 5.74) is 1.79. The summed E-state index contributed by atoms with van der Waals surface area (Å²) in [5.74, 6) is -0.148. The number of hydrogen-bond donors (Lipinski definition) is 2. The zero-order valence-electron chi connectivity index (χ0n) is 16.8. The van der Waals surface area contributed by atoms with Gasteiger partial charge in [-0.15, -0.1) is 0 Å². The molecule has 3 aromatic rings. The summed E-state index contributed by atoms with van der Waals surface area (Å²) in [6, 6.07) is 23.2. The highest BCUT2D eigenvalue weighted by Gasteiger charge is 2.19. The molecule has 0 radical (unpaired) electrons. The molecule has 154 valence electrons. The fourth-order valence-electron chi connectivity index (χ4n) is 2.92. The lowest BCUT2D eigenvalue weighted by atomic mass is 10.1. The Labute approximate surface area is 181 Å². The van der Waals surface area contributed by atoms with Gasteiger partial charge in [0, 0.05) is 5.02 Å². The molecule has 0 saturated carbocycles. The van der Waals surface area contributed by atoms with Crippen LogP contribution in [0.4, 0.5) is 5.69 Å². The van der Waals surface area contributed by atoms with Crippen molar-refractivity contribution in [1.82, 2.24) is 5.32 Å². The van der Waals surface area contributed by atoms with E-state index < -0.39 is 6.10 Å². The van der Waals surface area contributed by atoms with E-state index in [1.165, 1.54) is 0 Å². The van der Waals surface area contributed by atoms with Crippen LogP contribution in [0.1, 0.15) is 35.8 Å². The number of para-hydroxylation sites is 1. The van der Waals surface area contributed by atoms with Crippen LogP contribution in [-0.4, -0.2) is 17.9 Å². The van der Waals surface area contributed by atoms with Crippen molar-refractivity contribution in [1.29, 1.82) is 0 Å². The van der Waals surface area contributed by atoms with Gasteiger partial charge in [-0.05, 0) is 49.7 Å². The minimum atomic E-state index is -0.775. The summed E-state index contributed by atoms with van der Waals surface area (Å²) in [7, 11) is 0. The summed E-state index contributed by atoms with van der Waals surface area (Å²) in [4.78, 5) is 25.4. The van der Waals surface area contributed by atoms with E-state index in [4.69, 9.17) is 16.3 Å². The van der Waals surface area contributed by atoms with Crippen molar-refractivity contribution < 1.29 is 14.3 Å². The predicted molar refractivity (Wildman–Crippen MR) is 119 cm³/mol. The maximum atomic E-state index is 12.8. The molecule has 3 rings (SSSR count). The van der Waals surface area contributed by atoms with Crippen LogP contribution in [0.15, 0.2) is 78.9 Å². The second-order valence-corrected chi connectivity index (χ2v) is 7.29. The van der Waals surface area contributed by atoms with Crippen molar-refractivity contribution in [2.24, 2.45) is 0 Å². The molecule has 2 N–H and O–H groups in total. The number of amides is 2. The van der Waals surface area contributed by atoms with E-state index in [0.29, 0.717) is 22.0 Å². The van der Waals surface area contributed by atoms with Gasteiger partial charge in [-0.25, -0.2) is 0 Å². The van der Waals surface area contributed by atoms with Crippen LogP contribution in [0, 0.1) is 0 Å². The predicted octanol–water partition coefficient (Wildman–Crippen LogP) is 5.24. The molecule has 0 aliphatic rings. The molecule has 0 aromatic heterocycles. The molecule has 0 aliphatic heterocycles. The van der Waals surface area contributed by atoms with Gasteiger partial charge < -0.3 is 15.4 Å². The third-order valence-electron chi connectivity index (χ3n) is 4.55. The third kappa shape index (κ3) is 5.61. The summed E-state index contributed by atoms with van der Waals surface area (Å²) < 4.78 is 5.65. The lowest BCUT2D eigenvalue weighted by molar-refractivity contribution is -0.122. The number of carbonyl (C=O) groups is 2. The quantitative estimate of drug-likeness (QED) is 0.547. The zero-order valence-corrected chi connectivity index (χ0v) is 17.5. The van der Waals surface area contributed by atoms with Crippen LogP contribution in [0.25, 0.3) is 0 Å². The minimum Gasteiger partial charge on any atom is -0.481 e. The van der Waals surface area contributed by atoms with Gasteiger partial charge in [-0.2, -0.15) is 0 Å². The van der Waals surface area contributed by atoms with E-state index >= 15 is 0 Å². The molecule has 0 spiro atoms. The van der Waals surface area contributed by atoms with E-state index in [-0.39, 0.29) is 17.9 Å². The zero-order chi connectivity index (χ0) is 21.5. The molecule has 2 atom stereocenters. The van der Waals surface area contributed by atoms with Crippen molar-refractivity contribution in [3.8, 4) is 5.75 Å². The summed E-state index contributed by atoms with van der Waals surface area (Å²) >= 11 is 5.95. The van der Waals surface area contributed by atoms with E-state index in [2.05, 4.69) is 10.6 Å². The van der Waals surface area contributed by atoms with Crippen molar-refractivity contribution in [2.45, 2.75) is 26.0 Å². The Bertz CT molecular complexity index is 1020. The van der Waals surface area contributed by atoms with Gasteiger partial charge in [0.05, 0.1) is 17.3 Å². The molecular formula is C24H23ClN2O3. The van der Waals surface area contributed by atoms with Crippen LogP contribution < -0.4 is 15.4 Å². The van der Waals surface area contributed by atoms with E-state index in [1.54, 1.807) is 55.5 Å². The SMILES string of the molecule is C[C@H](NC(=O)c1ccccc1NC(=O)[C@@H](C)Oc1cccc(Cl)c1)c1ccccc1. The maximum Gasteiger partial charge on any atom is 0.265 e. The molecule has 30 heavy (non-hydrogen) atoms. The van der Waals surface area contributed by atoms with Gasteiger partial charge in [-0.1, -0.05) is 60.1 Å². The van der Waals surface area contributed by atoms with E-state index in [1.807, 2.05) is 37.3 Å². The second-order valence-electron chi connectivity index (χ2n) is 6.86. The van der Waals surface area contributed by atoms with Gasteiger partial charge in [0.1, 0.15) is 5.75 Å². The number of hydrogen-bond acceptors (Lipinski definition) is 3. The molecule has 0 bridgehead atoms. The third-order valence-corrected chi connectivity index (χ3v) is 4.79. The second kappa shape index (κ2) is 9.94. The van der Waals surface area contributed by atoms with Gasteiger partial charge in [-0.3, -0.25) is 9.59 Å². The Morgan fingerprint density at radius 1 is 0.900 bits per heavy atom. The monoisotopic (exact) mass is 422 g/mol. The smallest absolute Gasteiger partial charge is 0.265 e. The number of carbonyl (C=O) groups excluding carboxylic acids is 2. The van der Waals surface area contributed by atoms with E-state index in [0.717, 1.165) is 5.56 Å². The topological polar surface area (TPSA) is 67.4 Å². The number of benzene rings is 3.